The summed E-state index contributed by atoms with van der Waals surface area (Å²) < 4.78 is 0. The standard InChI is InChI=1S/C23H24N2O2/c1-17-10-12-19(13-11-17)20-21(24-14-6-3-7-15-24)23(27)25(22(20)26)16-18-8-4-2-5-9-18/h2,4-5,8-13H,3,6-7,14-16H2,1H3. The first-order valence-electron chi connectivity index (χ1n) is 9.61. The van der Waals surface area contributed by atoms with Gasteiger partial charge in [0.1, 0.15) is 5.70 Å². The first-order chi connectivity index (χ1) is 13.1. The first-order valence-corrected chi connectivity index (χ1v) is 9.61. The van der Waals surface area contributed by atoms with Gasteiger partial charge in [0.15, 0.2) is 0 Å². The summed E-state index contributed by atoms with van der Waals surface area (Å²) in [6, 6.07) is 17.6. The Balaban J connectivity index is 1.73. The van der Waals surface area contributed by atoms with Crippen LogP contribution in [0.2, 0.25) is 0 Å². The molecule has 4 nitrogen and oxygen atoms in total. The van der Waals surface area contributed by atoms with Gasteiger partial charge in [-0.1, -0.05) is 60.2 Å². The van der Waals surface area contributed by atoms with Crippen molar-refractivity contribution in [3.05, 3.63) is 77.0 Å². The fraction of sp³-hybridized carbons (Fsp3) is 0.304. The van der Waals surface area contributed by atoms with Crippen LogP contribution in [0.15, 0.2) is 60.3 Å². The zero-order valence-electron chi connectivity index (χ0n) is 15.6. The number of imide groups is 1. The Morgan fingerprint density at radius 3 is 2.15 bits per heavy atom. The van der Waals surface area contributed by atoms with Gasteiger partial charge in [0.25, 0.3) is 11.8 Å². The Hall–Kier alpha value is -2.88. The minimum Gasteiger partial charge on any atom is -0.366 e. The highest BCUT2D eigenvalue weighted by atomic mass is 16.2. The van der Waals surface area contributed by atoms with E-state index in [1.54, 1.807) is 0 Å². The number of aryl methyl sites for hydroxylation is 1. The van der Waals surface area contributed by atoms with Gasteiger partial charge in [0, 0.05) is 13.1 Å². The van der Waals surface area contributed by atoms with E-state index in [0.29, 0.717) is 17.8 Å². The lowest BCUT2D eigenvalue weighted by Gasteiger charge is -2.29. The van der Waals surface area contributed by atoms with Gasteiger partial charge in [-0.05, 0) is 37.3 Å². The van der Waals surface area contributed by atoms with Gasteiger partial charge in [-0.25, -0.2) is 0 Å². The smallest absolute Gasteiger partial charge is 0.278 e. The molecule has 1 fully saturated rings. The van der Waals surface area contributed by atoms with Crippen LogP contribution in [-0.2, 0) is 16.1 Å². The summed E-state index contributed by atoms with van der Waals surface area (Å²) in [5, 5.41) is 0. The van der Waals surface area contributed by atoms with Gasteiger partial charge in [0.2, 0.25) is 0 Å². The highest BCUT2D eigenvalue weighted by Crippen LogP contribution is 2.34. The Morgan fingerprint density at radius 1 is 0.815 bits per heavy atom. The summed E-state index contributed by atoms with van der Waals surface area (Å²) in [5.41, 5.74) is 4.06. The number of benzene rings is 2. The molecule has 27 heavy (non-hydrogen) atoms. The van der Waals surface area contributed by atoms with Crippen LogP contribution in [-0.4, -0.2) is 34.7 Å². The van der Waals surface area contributed by atoms with E-state index in [2.05, 4.69) is 4.90 Å². The zero-order valence-corrected chi connectivity index (χ0v) is 15.6. The molecule has 0 atom stereocenters. The zero-order chi connectivity index (χ0) is 18.8. The van der Waals surface area contributed by atoms with E-state index in [9.17, 15) is 9.59 Å². The number of amides is 2. The van der Waals surface area contributed by atoms with Crippen LogP contribution in [0.1, 0.15) is 36.0 Å². The number of rotatable bonds is 4. The third kappa shape index (κ3) is 3.39. The van der Waals surface area contributed by atoms with Crippen LogP contribution >= 0.6 is 0 Å². The van der Waals surface area contributed by atoms with Crippen molar-refractivity contribution in [2.45, 2.75) is 32.7 Å². The predicted molar refractivity (Wildman–Crippen MR) is 106 cm³/mol. The van der Waals surface area contributed by atoms with Crippen LogP contribution < -0.4 is 0 Å². The molecular weight excluding hydrogens is 336 g/mol. The third-order valence-corrected chi connectivity index (χ3v) is 5.34. The molecule has 0 unspecified atom stereocenters. The average Bonchev–Trinajstić information content (AvgIpc) is 2.95. The fourth-order valence-corrected chi connectivity index (χ4v) is 3.86. The molecule has 138 valence electrons. The SMILES string of the molecule is Cc1ccc(C2=C(N3CCCCC3)C(=O)N(Cc3ccccc3)C2=O)cc1. The molecular formula is C23H24N2O2. The number of hydrogen-bond donors (Lipinski definition) is 0. The molecule has 0 spiro atoms. The second-order valence-corrected chi connectivity index (χ2v) is 7.32. The van der Waals surface area contributed by atoms with Gasteiger partial charge >= 0.3 is 0 Å². The van der Waals surface area contributed by atoms with Crippen molar-refractivity contribution in [3.63, 3.8) is 0 Å². The summed E-state index contributed by atoms with van der Waals surface area (Å²) in [6.45, 7) is 4.00. The summed E-state index contributed by atoms with van der Waals surface area (Å²) in [5.74, 6) is -0.352. The molecule has 2 aromatic carbocycles. The van der Waals surface area contributed by atoms with Crippen LogP contribution in [0.5, 0.6) is 0 Å². The van der Waals surface area contributed by atoms with E-state index in [-0.39, 0.29) is 11.8 Å². The number of carbonyl (C=O) groups is 2. The van der Waals surface area contributed by atoms with Crippen LogP contribution in [0, 0.1) is 6.92 Å². The average molecular weight is 360 g/mol. The minimum atomic E-state index is -0.187. The summed E-state index contributed by atoms with van der Waals surface area (Å²) in [4.78, 5) is 30.1. The molecule has 2 aliphatic heterocycles. The number of likely N-dealkylation sites (tertiary alicyclic amines) is 1. The number of hydrogen-bond acceptors (Lipinski definition) is 3. The number of piperidine rings is 1. The maximum atomic E-state index is 13.3. The van der Waals surface area contributed by atoms with Crippen molar-refractivity contribution in [2.75, 3.05) is 13.1 Å². The summed E-state index contributed by atoms with van der Waals surface area (Å²) >= 11 is 0. The van der Waals surface area contributed by atoms with Crippen LogP contribution in [0.25, 0.3) is 5.57 Å². The van der Waals surface area contributed by atoms with E-state index in [1.807, 2.05) is 61.5 Å². The topological polar surface area (TPSA) is 40.6 Å². The van der Waals surface area contributed by atoms with Crippen LogP contribution in [0.3, 0.4) is 0 Å². The molecule has 0 aliphatic carbocycles. The monoisotopic (exact) mass is 360 g/mol. The molecule has 2 aromatic rings. The number of nitrogens with zero attached hydrogens (tertiary/aromatic N) is 2. The molecule has 0 radical (unpaired) electrons. The molecule has 0 aromatic heterocycles. The van der Waals surface area contributed by atoms with Crippen molar-refractivity contribution in [1.29, 1.82) is 0 Å². The van der Waals surface area contributed by atoms with Gasteiger partial charge in [-0.3, -0.25) is 14.5 Å². The molecule has 2 heterocycles. The van der Waals surface area contributed by atoms with Crippen molar-refractivity contribution in [2.24, 2.45) is 0 Å². The molecule has 1 saturated heterocycles. The van der Waals surface area contributed by atoms with Gasteiger partial charge in [0.05, 0.1) is 12.1 Å². The Bertz CT molecular complexity index is 878. The summed E-state index contributed by atoms with van der Waals surface area (Å²) in [7, 11) is 0. The van der Waals surface area contributed by atoms with Crippen molar-refractivity contribution >= 4 is 17.4 Å². The molecule has 0 bridgehead atoms. The van der Waals surface area contributed by atoms with Crippen LogP contribution in [0.4, 0.5) is 0 Å². The maximum Gasteiger partial charge on any atom is 0.278 e. The quantitative estimate of drug-likeness (QED) is 0.780. The lowest BCUT2D eigenvalue weighted by atomic mass is 10.0. The van der Waals surface area contributed by atoms with E-state index >= 15 is 0 Å². The number of carbonyl (C=O) groups excluding carboxylic acids is 2. The normalized spacial score (nSPS) is 17.8. The van der Waals surface area contributed by atoms with Crippen molar-refractivity contribution in [1.82, 2.24) is 9.80 Å². The molecule has 4 heteroatoms. The largest absolute Gasteiger partial charge is 0.366 e. The first kappa shape index (κ1) is 17.5. The Labute approximate surface area is 160 Å². The Kier molecular flexibility index (Phi) is 4.80. The lowest BCUT2D eigenvalue weighted by Crippen LogP contribution is -2.36. The van der Waals surface area contributed by atoms with Crippen molar-refractivity contribution < 1.29 is 9.59 Å². The second kappa shape index (κ2) is 7.39. The van der Waals surface area contributed by atoms with Gasteiger partial charge < -0.3 is 4.90 Å². The van der Waals surface area contributed by atoms with Gasteiger partial charge in [-0.2, -0.15) is 0 Å². The van der Waals surface area contributed by atoms with Crippen molar-refractivity contribution in [3.8, 4) is 0 Å². The van der Waals surface area contributed by atoms with E-state index in [0.717, 1.165) is 42.6 Å². The highest BCUT2D eigenvalue weighted by Gasteiger charge is 2.41. The van der Waals surface area contributed by atoms with Gasteiger partial charge in [-0.15, -0.1) is 0 Å². The van der Waals surface area contributed by atoms with E-state index in [4.69, 9.17) is 0 Å². The predicted octanol–water partition coefficient (Wildman–Crippen LogP) is 3.76. The Morgan fingerprint density at radius 2 is 1.48 bits per heavy atom. The minimum absolute atomic E-state index is 0.165. The second-order valence-electron chi connectivity index (χ2n) is 7.32. The maximum absolute atomic E-state index is 13.3. The third-order valence-electron chi connectivity index (χ3n) is 5.34. The molecule has 2 amide bonds. The van der Waals surface area contributed by atoms with E-state index in [1.165, 1.54) is 11.3 Å². The fourth-order valence-electron chi connectivity index (χ4n) is 3.86. The molecule has 4 rings (SSSR count). The lowest BCUT2D eigenvalue weighted by molar-refractivity contribution is -0.138. The molecule has 0 saturated carbocycles. The van der Waals surface area contributed by atoms with E-state index < -0.39 is 0 Å². The highest BCUT2D eigenvalue weighted by molar-refractivity contribution is 6.35. The summed E-state index contributed by atoms with van der Waals surface area (Å²) in [6.07, 6.45) is 3.30. The molecule has 0 N–H and O–H groups in total. The molecule has 2 aliphatic rings.